The topological polar surface area (TPSA) is 52.6 Å². The summed E-state index contributed by atoms with van der Waals surface area (Å²) in [5.74, 6) is -0.868. The quantitative estimate of drug-likeness (QED) is 0.158. The first-order valence-corrected chi connectivity index (χ1v) is 13.1. The Labute approximate surface area is 196 Å². The summed E-state index contributed by atoms with van der Waals surface area (Å²) in [6.07, 6.45) is 17.2. The van der Waals surface area contributed by atoms with Crippen molar-refractivity contribution < 1.29 is 19.1 Å². The molecule has 0 N–H and O–H groups in total. The van der Waals surface area contributed by atoms with Gasteiger partial charge in [0.05, 0.1) is 17.7 Å². The van der Waals surface area contributed by atoms with Gasteiger partial charge in [-0.1, -0.05) is 104 Å². The molecule has 0 aliphatic carbocycles. The third-order valence-electron chi connectivity index (χ3n) is 5.96. The van der Waals surface area contributed by atoms with Crippen LogP contribution in [0.1, 0.15) is 138 Å². The average Bonchev–Trinajstić information content (AvgIpc) is 2.81. The van der Waals surface area contributed by atoms with E-state index in [2.05, 4.69) is 13.8 Å². The van der Waals surface area contributed by atoms with Crippen molar-refractivity contribution >= 4 is 11.9 Å². The van der Waals surface area contributed by atoms with Gasteiger partial charge in [-0.3, -0.25) is 0 Å². The summed E-state index contributed by atoms with van der Waals surface area (Å²) in [7, 11) is 0. The van der Waals surface area contributed by atoms with Gasteiger partial charge in [-0.2, -0.15) is 0 Å². The minimum atomic E-state index is -0.437. The Morgan fingerprint density at radius 3 is 1.75 bits per heavy atom. The summed E-state index contributed by atoms with van der Waals surface area (Å²) >= 11 is 0. The van der Waals surface area contributed by atoms with Gasteiger partial charge in [-0.15, -0.1) is 0 Å². The maximum absolute atomic E-state index is 12.7. The second-order valence-corrected chi connectivity index (χ2v) is 8.79. The fourth-order valence-electron chi connectivity index (χ4n) is 3.85. The molecule has 182 valence electrons. The summed E-state index contributed by atoms with van der Waals surface area (Å²) in [6.45, 7) is 6.82. The Bertz CT molecular complexity index is 626. The van der Waals surface area contributed by atoms with E-state index in [1.54, 1.807) is 24.3 Å². The number of rotatable bonds is 19. The highest BCUT2D eigenvalue weighted by atomic mass is 16.5. The smallest absolute Gasteiger partial charge is 0.339 e. The molecule has 1 atom stereocenters. The number of ether oxygens (including phenoxy) is 2. The molecule has 0 aromatic heterocycles. The maximum atomic E-state index is 12.7. The van der Waals surface area contributed by atoms with Gasteiger partial charge in [0.15, 0.2) is 0 Å². The van der Waals surface area contributed by atoms with Crippen molar-refractivity contribution in [1.29, 1.82) is 0 Å². The Morgan fingerprint density at radius 1 is 0.688 bits per heavy atom. The molecule has 0 aliphatic rings. The predicted octanol–water partition coefficient (Wildman–Crippen LogP) is 8.28. The number of hydrogen-bond acceptors (Lipinski definition) is 4. The molecule has 1 aromatic carbocycles. The molecular weight excluding hydrogens is 400 g/mol. The molecule has 1 unspecified atom stereocenters. The molecule has 4 heteroatoms. The van der Waals surface area contributed by atoms with E-state index < -0.39 is 11.9 Å². The van der Waals surface area contributed by atoms with Crippen LogP contribution in [0.4, 0.5) is 0 Å². The first kappa shape index (κ1) is 28.2. The minimum Gasteiger partial charge on any atom is -0.462 e. The zero-order valence-electron chi connectivity index (χ0n) is 20.8. The highest BCUT2D eigenvalue weighted by Gasteiger charge is 2.21. The lowest BCUT2D eigenvalue weighted by molar-refractivity contribution is 0.0258. The van der Waals surface area contributed by atoms with Crippen LogP contribution in [0, 0.1) is 0 Å². The summed E-state index contributed by atoms with van der Waals surface area (Å²) in [4.78, 5) is 25.3. The summed E-state index contributed by atoms with van der Waals surface area (Å²) in [6, 6.07) is 6.81. The molecule has 4 nitrogen and oxygen atoms in total. The van der Waals surface area contributed by atoms with Gasteiger partial charge in [0, 0.05) is 0 Å². The van der Waals surface area contributed by atoms with Crippen LogP contribution in [-0.4, -0.2) is 24.6 Å². The van der Waals surface area contributed by atoms with E-state index in [4.69, 9.17) is 9.47 Å². The van der Waals surface area contributed by atoms with Crippen molar-refractivity contribution in [3.8, 4) is 0 Å². The average molecular weight is 447 g/mol. The monoisotopic (exact) mass is 446 g/mol. The molecule has 0 aliphatic heterocycles. The second-order valence-electron chi connectivity index (χ2n) is 8.79. The van der Waals surface area contributed by atoms with Crippen molar-refractivity contribution in [2.24, 2.45) is 0 Å². The predicted molar refractivity (Wildman–Crippen MR) is 132 cm³/mol. The third kappa shape index (κ3) is 12.3. The SMILES string of the molecule is CCCCCCCCCCCCOC(=O)c1ccccc1C(=O)OC(CC)CCCCC. The van der Waals surface area contributed by atoms with Gasteiger partial charge in [0.25, 0.3) is 0 Å². The highest BCUT2D eigenvalue weighted by Crippen LogP contribution is 2.17. The molecule has 0 saturated heterocycles. The van der Waals surface area contributed by atoms with Crippen molar-refractivity contribution in [2.75, 3.05) is 6.61 Å². The zero-order chi connectivity index (χ0) is 23.4. The highest BCUT2D eigenvalue weighted by molar-refractivity contribution is 6.03. The summed E-state index contributed by atoms with van der Waals surface area (Å²) < 4.78 is 11.1. The maximum Gasteiger partial charge on any atom is 0.339 e. The molecule has 0 saturated carbocycles. The summed E-state index contributed by atoms with van der Waals surface area (Å²) in [5, 5.41) is 0. The van der Waals surface area contributed by atoms with Gasteiger partial charge >= 0.3 is 11.9 Å². The van der Waals surface area contributed by atoms with Crippen molar-refractivity contribution in [2.45, 2.75) is 123 Å². The number of carbonyl (C=O) groups excluding carboxylic acids is 2. The number of carbonyl (C=O) groups is 2. The lowest BCUT2D eigenvalue weighted by Gasteiger charge is -2.17. The fourth-order valence-corrected chi connectivity index (χ4v) is 3.85. The molecule has 0 spiro atoms. The van der Waals surface area contributed by atoms with E-state index >= 15 is 0 Å². The van der Waals surface area contributed by atoms with Gasteiger partial charge < -0.3 is 9.47 Å². The van der Waals surface area contributed by atoms with E-state index in [9.17, 15) is 9.59 Å². The second kappa shape index (κ2) is 18.7. The fraction of sp³-hybridized carbons (Fsp3) is 0.714. The largest absolute Gasteiger partial charge is 0.462 e. The van der Waals surface area contributed by atoms with Crippen LogP contribution >= 0.6 is 0 Å². The van der Waals surface area contributed by atoms with Crippen molar-refractivity contribution in [3.05, 3.63) is 35.4 Å². The van der Waals surface area contributed by atoms with Crippen LogP contribution in [0.5, 0.6) is 0 Å². The van der Waals surface area contributed by atoms with E-state index in [1.807, 2.05) is 6.92 Å². The van der Waals surface area contributed by atoms with Crippen LogP contribution in [-0.2, 0) is 9.47 Å². The standard InChI is InChI=1S/C28H46O4/c1-4-7-9-10-11-12-13-14-15-19-23-31-27(29)25-21-17-18-22-26(25)28(30)32-24(6-3)20-16-8-5-2/h17-18,21-22,24H,4-16,19-20,23H2,1-3H3. The lowest BCUT2D eigenvalue weighted by atomic mass is 10.1. The van der Waals surface area contributed by atoms with Gasteiger partial charge in [-0.25, -0.2) is 9.59 Å². The number of hydrogen-bond donors (Lipinski definition) is 0. The van der Waals surface area contributed by atoms with Crippen molar-refractivity contribution in [1.82, 2.24) is 0 Å². The van der Waals surface area contributed by atoms with Crippen LogP contribution < -0.4 is 0 Å². The molecular formula is C28H46O4. The van der Waals surface area contributed by atoms with Crippen LogP contribution in [0.25, 0.3) is 0 Å². The van der Waals surface area contributed by atoms with Gasteiger partial charge in [0.2, 0.25) is 0 Å². The van der Waals surface area contributed by atoms with Crippen molar-refractivity contribution in [3.63, 3.8) is 0 Å². The molecule has 0 radical (unpaired) electrons. The molecule has 1 aromatic rings. The van der Waals surface area contributed by atoms with Gasteiger partial charge in [-0.05, 0) is 37.8 Å². The Kier molecular flexibility index (Phi) is 16.5. The van der Waals surface area contributed by atoms with E-state index in [-0.39, 0.29) is 6.10 Å². The van der Waals surface area contributed by atoms with Crippen LogP contribution in [0.2, 0.25) is 0 Å². The first-order chi connectivity index (χ1) is 15.6. The number of benzene rings is 1. The molecule has 0 heterocycles. The molecule has 1 rings (SSSR count). The van der Waals surface area contributed by atoms with Crippen LogP contribution in [0.3, 0.4) is 0 Å². The third-order valence-corrected chi connectivity index (χ3v) is 5.96. The molecule has 32 heavy (non-hydrogen) atoms. The summed E-state index contributed by atoms with van der Waals surface area (Å²) in [5.41, 5.74) is 0.600. The first-order valence-electron chi connectivity index (χ1n) is 13.1. The van der Waals surface area contributed by atoms with Gasteiger partial charge in [0.1, 0.15) is 6.10 Å². The van der Waals surface area contributed by atoms with Crippen LogP contribution in [0.15, 0.2) is 24.3 Å². The number of esters is 2. The minimum absolute atomic E-state index is 0.107. The Hall–Kier alpha value is -1.84. The Morgan fingerprint density at radius 2 is 1.19 bits per heavy atom. The van der Waals surface area contributed by atoms with E-state index in [0.29, 0.717) is 17.7 Å². The number of unbranched alkanes of at least 4 members (excludes halogenated alkanes) is 11. The molecule has 0 fully saturated rings. The van der Waals surface area contributed by atoms with E-state index in [0.717, 1.165) is 44.9 Å². The van der Waals surface area contributed by atoms with E-state index in [1.165, 1.54) is 51.4 Å². The molecule has 0 amide bonds. The Balaban J connectivity index is 2.36. The zero-order valence-corrected chi connectivity index (χ0v) is 20.8. The molecule has 0 bridgehead atoms. The lowest BCUT2D eigenvalue weighted by Crippen LogP contribution is -2.20. The normalized spacial score (nSPS) is 11.8.